The molecule has 0 aliphatic rings. The first kappa shape index (κ1) is 42.8. The zero-order chi connectivity index (χ0) is 43.6. The Bertz CT molecular complexity index is 2430. The lowest BCUT2D eigenvalue weighted by atomic mass is 10.3. The summed E-state index contributed by atoms with van der Waals surface area (Å²) < 4.78 is 21.5. The van der Waals surface area contributed by atoms with Crippen LogP contribution in [-0.2, 0) is 70.5 Å². The van der Waals surface area contributed by atoms with Crippen LogP contribution in [0.2, 0.25) is 0 Å². The van der Waals surface area contributed by atoms with Crippen molar-refractivity contribution in [3.63, 3.8) is 0 Å². The fourth-order valence-electron chi connectivity index (χ4n) is 7.52. The summed E-state index contributed by atoms with van der Waals surface area (Å²) in [6.45, 7) is 10.5. The van der Waals surface area contributed by atoms with Crippen molar-refractivity contribution in [3.05, 3.63) is 127 Å². The van der Waals surface area contributed by atoms with E-state index < -0.39 is 0 Å². The first-order chi connectivity index (χ1) is 28.6. The Morgan fingerprint density at radius 1 is 0.350 bits per heavy atom. The Balaban J connectivity index is 0.000000126. The van der Waals surface area contributed by atoms with E-state index in [2.05, 4.69) is 193 Å². The van der Waals surface area contributed by atoms with Crippen molar-refractivity contribution < 1.29 is 22.8 Å². The molecule has 1 aromatic carbocycles. The van der Waals surface area contributed by atoms with Crippen LogP contribution in [0.5, 0.6) is 0 Å². The number of imidazole rings is 5. The maximum Gasteiger partial charge on any atom is 0.301 e. The second kappa shape index (κ2) is 17.6. The minimum absolute atomic E-state index is 1.04. The van der Waals surface area contributed by atoms with Crippen LogP contribution in [0, 0.1) is 34.6 Å². The number of nitrogens with zero attached hydrogens (tertiary/aromatic N) is 14. The predicted molar refractivity (Wildman–Crippen MR) is 235 cm³/mol. The van der Waals surface area contributed by atoms with Gasteiger partial charge in [-0.25, -0.2) is 36.5 Å². The first-order valence-electron chi connectivity index (χ1n) is 20.0. The van der Waals surface area contributed by atoms with Crippen LogP contribution < -0.4 is 22.8 Å². The van der Waals surface area contributed by atoms with Crippen LogP contribution in [0.3, 0.4) is 0 Å². The SMILES string of the molecule is Cc1n(C)c2ccccc2[n+]1C.Cc1n(C)c2cccnc2[n+]1C.Cc1n(C)c2cccnc2[n+]1C.Cc1n(C)c2cnccc2[n+]1C.Cc1n(C)c2cnccc2[n+]1C. The Morgan fingerprint density at radius 3 is 1.03 bits per heavy atom. The van der Waals surface area contributed by atoms with Crippen molar-refractivity contribution in [3.8, 4) is 0 Å². The summed E-state index contributed by atoms with van der Waals surface area (Å²) in [7, 11) is 20.6. The quantitative estimate of drug-likeness (QED) is 0.216. The van der Waals surface area contributed by atoms with Crippen LogP contribution >= 0.6 is 0 Å². The summed E-state index contributed by atoms with van der Waals surface area (Å²) in [5, 5.41) is 0. The largest absolute Gasteiger partial charge is 0.301 e. The zero-order valence-electron chi connectivity index (χ0n) is 38.0. The molecule has 10 rings (SSSR count). The highest BCUT2D eigenvalue weighted by molar-refractivity contribution is 5.73. The molecule has 9 heterocycles. The molecule has 9 aromatic heterocycles. The number of hydrogen-bond acceptors (Lipinski definition) is 4. The number of para-hydroxylation sites is 2. The van der Waals surface area contributed by atoms with Gasteiger partial charge in [-0.3, -0.25) is 19.1 Å². The van der Waals surface area contributed by atoms with Gasteiger partial charge in [-0.15, -0.1) is 9.97 Å². The molecule has 14 nitrogen and oxygen atoms in total. The maximum atomic E-state index is 4.30. The molecule has 0 saturated heterocycles. The monoisotopic (exact) mass is 810 g/mol. The van der Waals surface area contributed by atoms with Gasteiger partial charge < -0.3 is 0 Å². The Morgan fingerprint density at radius 2 is 0.667 bits per heavy atom. The van der Waals surface area contributed by atoms with Crippen molar-refractivity contribution in [1.82, 2.24) is 42.8 Å². The number of aromatic nitrogens is 14. The number of fused-ring (bicyclic) bond motifs is 5. The Hall–Kier alpha value is -6.83. The second-order valence-corrected chi connectivity index (χ2v) is 15.2. The van der Waals surface area contributed by atoms with E-state index in [-0.39, 0.29) is 0 Å². The van der Waals surface area contributed by atoms with Gasteiger partial charge in [0.25, 0.3) is 17.5 Å². The lowest BCUT2D eigenvalue weighted by Gasteiger charge is -1.88. The van der Waals surface area contributed by atoms with E-state index in [0.29, 0.717) is 0 Å². The number of hydrogen-bond donors (Lipinski definition) is 0. The third-order valence-electron chi connectivity index (χ3n) is 12.3. The van der Waals surface area contributed by atoms with Crippen molar-refractivity contribution in [2.45, 2.75) is 34.6 Å². The van der Waals surface area contributed by atoms with Crippen molar-refractivity contribution >= 4 is 55.4 Å². The molecular weight excluding hydrogens is 749 g/mol. The van der Waals surface area contributed by atoms with E-state index in [4.69, 9.17) is 0 Å². The zero-order valence-corrected chi connectivity index (χ0v) is 38.0. The van der Waals surface area contributed by atoms with Crippen molar-refractivity contribution in [2.24, 2.45) is 70.5 Å². The molecule has 0 radical (unpaired) electrons. The number of benzene rings is 1. The maximum absolute atomic E-state index is 4.30. The molecule has 0 fully saturated rings. The lowest BCUT2D eigenvalue weighted by Crippen LogP contribution is -2.31. The van der Waals surface area contributed by atoms with Crippen molar-refractivity contribution in [2.75, 3.05) is 0 Å². The summed E-state index contributed by atoms with van der Waals surface area (Å²) >= 11 is 0. The highest BCUT2D eigenvalue weighted by Gasteiger charge is 2.18. The molecule has 60 heavy (non-hydrogen) atoms. The smallest absolute Gasteiger partial charge is 0.260 e. The van der Waals surface area contributed by atoms with Gasteiger partial charge >= 0.3 is 11.3 Å². The fourth-order valence-corrected chi connectivity index (χ4v) is 7.52. The Kier molecular flexibility index (Phi) is 12.5. The average Bonchev–Trinajstić information content (AvgIpc) is 3.91. The molecule has 10 aromatic rings. The third kappa shape index (κ3) is 7.84. The van der Waals surface area contributed by atoms with E-state index in [1.54, 1.807) is 0 Å². The highest BCUT2D eigenvalue weighted by Crippen LogP contribution is 2.13. The van der Waals surface area contributed by atoms with Gasteiger partial charge in [0.2, 0.25) is 11.6 Å². The van der Waals surface area contributed by atoms with Crippen molar-refractivity contribution in [1.29, 1.82) is 0 Å². The highest BCUT2D eigenvalue weighted by atomic mass is 15.2. The van der Waals surface area contributed by atoms with Crippen LogP contribution in [0.4, 0.5) is 0 Å². The lowest BCUT2D eigenvalue weighted by molar-refractivity contribution is -0.654. The van der Waals surface area contributed by atoms with Crippen LogP contribution in [0.15, 0.2) is 97.8 Å². The molecule has 0 bridgehead atoms. The minimum atomic E-state index is 1.04. The van der Waals surface area contributed by atoms with Gasteiger partial charge in [0.1, 0.15) is 12.4 Å². The van der Waals surface area contributed by atoms with Gasteiger partial charge in [0.05, 0.1) is 82.9 Å². The molecule has 0 spiro atoms. The molecule has 0 saturated carbocycles. The number of aryl methyl sites for hydroxylation is 10. The molecule has 0 N–H and O–H groups in total. The van der Waals surface area contributed by atoms with Gasteiger partial charge in [-0.2, -0.15) is 0 Å². The third-order valence-corrected chi connectivity index (χ3v) is 12.3. The second-order valence-electron chi connectivity index (χ2n) is 15.2. The van der Waals surface area contributed by atoms with E-state index in [1.807, 2.05) is 75.5 Å². The van der Waals surface area contributed by atoms with Gasteiger partial charge in [0.15, 0.2) is 44.1 Å². The predicted octanol–water partition coefficient (Wildman–Crippen LogP) is 4.14. The standard InChI is InChI=1S/C10H13N2.4C9H12N3/c1-8-11(2)9-6-4-5-7-10(9)12(8)3;2*1-7-11(2)8-4-5-10-6-9(8)12(7)3;2*1-7-11(2)8-5-4-6-10-9(8)12(7)3/h4-7H,1-3H3;4*4-6H,1-3H3/q5*+1. The van der Waals surface area contributed by atoms with Gasteiger partial charge in [0, 0.05) is 59.1 Å². The molecule has 0 aliphatic carbocycles. The topological polar surface area (TPSA) is 95.6 Å². The number of rotatable bonds is 0. The molecule has 0 unspecified atom stereocenters. The van der Waals surface area contributed by atoms with E-state index in [0.717, 1.165) is 11.3 Å². The summed E-state index contributed by atoms with van der Waals surface area (Å²) in [5.74, 6) is 6.17. The molecule has 0 amide bonds. The summed E-state index contributed by atoms with van der Waals surface area (Å²) in [4.78, 5) is 16.8. The molecular formula is C46H61N14+5. The molecule has 14 heteroatoms. The molecule has 310 valence electrons. The summed E-state index contributed by atoms with van der Waals surface area (Å²) in [6.07, 6.45) is 11.1. The van der Waals surface area contributed by atoms with E-state index in [1.165, 1.54) is 73.3 Å². The first-order valence-corrected chi connectivity index (χ1v) is 20.0. The summed E-state index contributed by atoms with van der Waals surface area (Å²) in [6, 6.07) is 20.6. The molecule has 0 atom stereocenters. The van der Waals surface area contributed by atoms with E-state index in [9.17, 15) is 0 Å². The van der Waals surface area contributed by atoms with Crippen LogP contribution in [0.25, 0.3) is 55.4 Å². The van der Waals surface area contributed by atoms with Gasteiger partial charge in [-0.1, -0.05) is 12.1 Å². The number of pyridine rings is 4. The fraction of sp³-hybridized carbons (Fsp3) is 0.326. The van der Waals surface area contributed by atoms with E-state index >= 15 is 0 Å². The Labute approximate surface area is 352 Å². The summed E-state index contributed by atoms with van der Waals surface area (Å²) in [5.41, 5.74) is 11.8. The minimum Gasteiger partial charge on any atom is -0.260 e. The normalized spacial score (nSPS) is 10.9. The average molecular weight is 810 g/mol. The van der Waals surface area contributed by atoms with Crippen LogP contribution in [-0.4, -0.2) is 42.8 Å². The van der Waals surface area contributed by atoms with Crippen LogP contribution in [0.1, 0.15) is 29.1 Å². The molecule has 0 aliphatic heterocycles. The van der Waals surface area contributed by atoms with Gasteiger partial charge in [-0.05, 0) is 36.4 Å².